The van der Waals surface area contributed by atoms with E-state index in [0.29, 0.717) is 11.3 Å². The molecule has 0 aliphatic carbocycles. The molecule has 0 radical (unpaired) electrons. The zero-order valence-corrected chi connectivity index (χ0v) is 11.0. The standard InChI is InChI=1S/C10H7Br2NO2/c1-15-8-5-3-2-4-7(8)9(14)10(11,12)6-13/h2-5H,1H3. The summed E-state index contributed by atoms with van der Waals surface area (Å²) in [6.45, 7) is 0. The van der Waals surface area contributed by atoms with Crippen molar-refractivity contribution in [3.8, 4) is 11.8 Å². The van der Waals surface area contributed by atoms with E-state index in [9.17, 15) is 4.79 Å². The molecule has 0 saturated heterocycles. The molecule has 78 valence electrons. The Morgan fingerprint density at radius 3 is 2.60 bits per heavy atom. The molecule has 0 fully saturated rings. The minimum Gasteiger partial charge on any atom is -0.496 e. The Morgan fingerprint density at radius 1 is 1.47 bits per heavy atom. The number of alkyl halides is 2. The molecule has 0 spiro atoms. The Balaban J connectivity index is 3.18. The number of hydrogen-bond acceptors (Lipinski definition) is 3. The number of rotatable bonds is 3. The summed E-state index contributed by atoms with van der Waals surface area (Å²) in [5, 5.41) is 8.78. The summed E-state index contributed by atoms with van der Waals surface area (Å²) in [7, 11) is 1.47. The monoisotopic (exact) mass is 331 g/mol. The molecule has 0 atom stereocenters. The van der Waals surface area contributed by atoms with Crippen molar-refractivity contribution in [2.75, 3.05) is 7.11 Å². The highest BCUT2D eigenvalue weighted by Crippen LogP contribution is 2.32. The van der Waals surface area contributed by atoms with Crippen molar-refractivity contribution in [2.45, 2.75) is 3.23 Å². The molecule has 0 unspecified atom stereocenters. The van der Waals surface area contributed by atoms with Gasteiger partial charge in [-0.1, -0.05) is 12.1 Å². The van der Waals surface area contributed by atoms with Crippen molar-refractivity contribution in [2.24, 2.45) is 0 Å². The number of para-hydroxylation sites is 1. The van der Waals surface area contributed by atoms with Crippen LogP contribution < -0.4 is 4.74 Å². The van der Waals surface area contributed by atoms with Crippen LogP contribution in [0.1, 0.15) is 10.4 Å². The third kappa shape index (κ3) is 2.58. The summed E-state index contributed by atoms with van der Waals surface area (Å²) in [5.74, 6) is 0.0588. The topological polar surface area (TPSA) is 50.1 Å². The molecule has 0 aromatic heterocycles. The quantitative estimate of drug-likeness (QED) is 0.631. The summed E-state index contributed by atoms with van der Waals surface area (Å²) in [6.07, 6.45) is 0. The SMILES string of the molecule is COc1ccccc1C(=O)C(Br)(Br)C#N. The molecular weight excluding hydrogens is 326 g/mol. The molecule has 0 aliphatic rings. The fourth-order valence-electron chi connectivity index (χ4n) is 1.05. The molecule has 0 heterocycles. The molecule has 15 heavy (non-hydrogen) atoms. The van der Waals surface area contributed by atoms with Crippen molar-refractivity contribution in [1.29, 1.82) is 5.26 Å². The van der Waals surface area contributed by atoms with Gasteiger partial charge in [0.25, 0.3) is 0 Å². The molecule has 1 aromatic carbocycles. The van der Waals surface area contributed by atoms with Gasteiger partial charge in [0.1, 0.15) is 11.8 Å². The van der Waals surface area contributed by atoms with Gasteiger partial charge in [-0.25, -0.2) is 0 Å². The lowest BCUT2D eigenvalue weighted by Crippen LogP contribution is -2.23. The van der Waals surface area contributed by atoms with Crippen LogP contribution in [0.5, 0.6) is 5.75 Å². The van der Waals surface area contributed by atoms with E-state index in [1.165, 1.54) is 7.11 Å². The zero-order valence-electron chi connectivity index (χ0n) is 7.83. The van der Waals surface area contributed by atoms with E-state index in [0.717, 1.165) is 0 Å². The van der Waals surface area contributed by atoms with E-state index < -0.39 is 3.23 Å². The summed E-state index contributed by atoms with van der Waals surface area (Å²) >= 11 is 5.99. The largest absolute Gasteiger partial charge is 0.496 e. The minimum absolute atomic E-state index is 0.357. The summed E-state index contributed by atoms with van der Waals surface area (Å²) in [5.41, 5.74) is 0.357. The van der Waals surface area contributed by atoms with Gasteiger partial charge in [-0.05, 0) is 44.0 Å². The first-order valence-corrected chi connectivity index (χ1v) is 5.58. The van der Waals surface area contributed by atoms with Crippen molar-refractivity contribution in [3.05, 3.63) is 29.8 Å². The lowest BCUT2D eigenvalue weighted by molar-refractivity contribution is 0.0994. The molecule has 1 aromatic rings. The van der Waals surface area contributed by atoms with Crippen LogP contribution >= 0.6 is 31.9 Å². The molecule has 1 rings (SSSR count). The van der Waals surface area contributed by atoms with Crippen LogP contribution in [0.15, 0.2) is 24.3 Å². The Labute approximate surface area is 104 Å². The summed E-state index contributed by atoms with van der Waals surface area (Å²) in [4.78, 5) is 11.9. The highest BCUT2D eigenvalue weighted by atomic mass is 79.9. The lowest BCUT2D eigenvalue weighted by Gasteiger charge is -2.12. The lowest BCUT2D eigenvalue weighted by atomic mass is 10.1. The Bertz CT molecular complexity index is 424. The number of Topliss-reactive ketones (excluding diaryl/α,β-unsaturated/α-hetero) is 1. The van der Waals surface area contributed by atoms with Crippen LogP contribution in [-0.2, 0) is 0 Å². The fourth-order valence-corrected chi connectivity index (χ4v) is 1.48. The number of ketones is 1. The molecule has 0 aliphatic heterocycles. The van der Waals surface area contributed by atoms with Gasteiger partial charge >= 0.3 is 0 Å². The number of nitriles is 1. The van der Waals surface area contributed by atoms with Gasteiger partial charge in [-0.2, -0.15) is 5.26 Å². The van der Waals surface area contributed by atoms with E-state index in [1.54, 1.807) is 24.3 Å². The van der Waals surface area contributed by atoms with E-state index in [4.69, 9.17) is 10.00 Å². The van der Waals surface area contributed by atoms with Crippen molar-refractivity contribution >= 4 is 37.6 Å². The second-order valence-corrected chi connectivity index (χ2v) is 6.16. The fraction of sp³-hybridized carbons (Fsp3) is 0.200. The van der Waals surface area contributed by atoms with Gasteiger partial charge in [0, 0.05) is 0 Å². The van der Waals surface area contributed by atoms with E-state index in [-0.39, 0.29) is 5.78 Å². The Kier molecular flexibility index (Phi) is 3.89. The number of benzene rings is 1. The molecule has 0 amide bonds. The number of nitrogens with zero attached hydrogens (tertiary/aromatic N) is 1. The van der Waals surface area contributed by atoms with Crippen LogP contribution in [0.25, 0.3) is 0 Å². The number of carbonyl (C=O) groups is 1. The highest BCUT2D eigenvalue weighted by Gasteiger charge is 2.34. The van der Waals surface area contributed by atoms with E-state index >= 15 is 0 Å². The van der Waals surface area contributed by atoms with Gasteiger partial charge in [0.05, 0.1) is 12.7 Å². The van der Waals surface area contributed by atoms with Crippen molar-refractivity contribution in [3.63, 3.8) is 0 Å². The predicted octanol–water partition coefficient (Wildman–Crippen LogP) is 2.89. The number of ether oxygens (including phenoxy) is 1. The summed E-state index contributed by atoms with van der Waals surface area (Å²) < 4.78 is 3.64. The molecule has 0 N–H and O–H groups in total. The average Bonchev–Trinajstić information content (AvgIpc) is 2.28. The van der Waals surface area contributed by atoms with Gasteiger partial charge in [-0.3, -0.25) is 4.79 Å². The van der Waals surface area contributed by atoms with Gasteiger partial charge < -0.3 is 4.74 Å². The average molecular weight is 333 g/mol. The number of carbonyl (C=O) groups excluding carboxylic acids is 1. The van der Waals surface area contributed by atoms with Crippen LogP contribution in [-0.4, -0.2) is 16.1 Å². The normalized spacial score (nSPS) is 10.5. The van der Waals surface area contributed by atoms with Crippen molar-refractivity contribution < 1.29 is 9.53 Å². The molecule has 5 heteroatoms. The molecular formula is C10H7Br2NO2. The van der Waals surface area contributed by atoms with Crippen LogP contribution in [0.4, 0.5) is 0 Å². The van der Waals surface area contributed by atoms with Crippen LogP contribution in [0.2, 0.25) is 0 Å². The maximum atomic E-state index is 11.9. The predicted molar refractivity (Wildman–Crippen MR) is 63.5 cm³/mol. The van der Waals surface area contributed by atoms with Gasteiger partial charge in [0.15, 0.2) is 0 Å². The van der Waals surface area contributed by atoms with Gasteiger partial charge in [-0.15, -0.1) is 0 Å². The first-order chi connectivity index (χ1) is 7.03. The molecule has 0 bridgehead atoms. The van der Waals surface area contributed by atoms with E-state index in [2.05, 4.69) is 31.9 Å². The minimum atomic E-state index is -1.39. The van der Waals surface area contributed by atoms with Crippen molar-refractivity contribution in [1.82, 2.24) is 0 Å². The zero-order chi connectivity index (χ0) is 11.5. The second kappa shape index (κ2) is 4.77. The Morgan fingerprint density at radius 2 is 2.07 bits per heavy atom. The van der Waals surface area contributed by atoms with Crippen LogP contribution in [0.3, 0.4) is 0 Å². The van der Waals surface area contributed by atoms with E-state index in [1.807, 2.05) is 6.07 Å². The van der Waals surface area contributed by atoms with Crippen LogP contribution in [0, 0.1) is 11.3 Å². The second-order valence-electron chi connectivity index (χ2n) is 2.72. The first kappa shape index (κ1) is 12.2. The highest BCUT2D eigenvalue weighted by molar-refractivity contribution is 9.26. The molecule has 3 nitrogen and oxygen atoms in total. The number of methoxy groups -OCH3 is 1. The molecule has 0 saturated carbocycles. The number of hydrogen-bond donors (Lipinski definition) is 0. The first-order valence-electron chi connectivity index (χ1n) is 4.00. The number of halogens is 2. The maximum Gasteiger partial charge on any atom is 0.228 e. The third-order valence-electron chi connectivity index (χ3n) is 1.78. The maximum absolute atomic E-state index is 11.9. The smallest absolute Gasteiger partial charge is 0.228 e. The van der Waals surface area contributed by atoms with Gasteiger partial charge in [0.2, 0.25) is 9.02 Å². The Hall–Kier alpha value is -0.860. The third-order valence-corrected chi connectivity index (χ3v) is 2.85. The summed E-state index contributed by atoms with van der Waals surface area (Å²) in [6, 6.07) is 8.56.